The van der Waals surface area contributed by atoms with Crippen molar-refractivity contribution in [2.75, 3.05) is 16.6 Å². The number of piperidine rings is 1. The van der Waals surface area contributed by atoms with Crippen LogP contribution in [0, 0.1) is 5.82 Å². The number of hydrogen-bond donors (Lipinski definition) is 2. The maximum absolute atomic E-state index is 13.3. The van der Waals surface area contributed by atoms with Gasteiger partial charge in [0.15, 0.2) is 0 Å². The second-order valence-corrected chi connectivity index (χ2v) is 10.5. The molecule has 1 saturated heterocycles. The molecule has 1 unspecified atom stereocenters. The Kier molecular flexibility index (Phi) is 7.26. The minimum Gasteiger partial charge on any atom is -0.444 e. The molecule has 1 heterocycles. The Bertz CT molecular complexity index is 1110. The highest BCUT2D eigenvalue weighted by Crippen LogP contribution is 2.23. The van der Waals surface area contributed by atoms with E-state index < -0.39 is 33.6 Å². The second-order valence-electron chi connectivity index (χ2n) is 8.81. The first-order valence-electron chi connectivity index (χ1n) is 10.6. The summed E-state index contributed by atoms with van der Waals surface area (Å²) >= 11 is 0. The van der Waals surface area contributed by atoms with Gasteiger partial charge in [-0.2, -0.15) is 0 Å². The maximum Gasteiger partial charge on any atom is 0.410 e. The van der Waals surface area contributed by atoms with Crippen molar-refractivity contribution in [3.05, 3.63) is 54.3 Å². The molecule has 0 saturated carbocycles. The second kappa shape index (κ2) is 9.78. The van der Waals surface area contributed by atoms with Gasteiger partial charge in [-0.3, -0.25) is 14.4 Å². The van der Waals surface area contributed by atoms with Crippen molar-refractivity contribution < 1.29 is 27.1 Å². The normalized spacial score (nSPS) is 16.7. The third-order valence-corrected chi connectivity index (χ3v) is 6.34. The Morgan fingerprint density at radius 1 is 1.06 bits per heavy atom. The summed E-state index contributed by atoms with van der Waals surface area (Å²) in [6.45, 7) is 5.73. The van der Waals surface area contributed by atoms with Gasteiger partial charge < -0.3 is 10.1 Å². The van der Waals surface area contributed by atoms with Crippen LogP contribution in [-0.2, 0) is 19.6 Å². The number of carbonyl (C=O) groups excluding carboxylic acids is 2. The van der Waals surface area contributed by atoms with Crippen LogP contribution in [0.1, 0.15) is 40.0 Å². The molecule has 0 aromatic heterocycles. The number of benzene rings is 2. The van der Waals surface area contributed by atoms with E-state index in [1.54, 1.807) is 20.8 Å². The number of hydrogen-bond acceptors (Lipinski definition) is 5. The molecule has 2 N–H and O–H groups in total. The molecule has 0 radical (unpaired) electrons. The molecule has 1 atom stereocenters. The van der Waals surface area contributed by atoms with Crippen LogP contribution in [0.4, 0.5) is 20.6 Å². The van der Waals surface area contributed by atoms with E-state index in [0.717, 1.165) is 18.9 Å². The number of nitrogens with one attached hydrogen (secondary N) is 2. The number of nitrogens with zero attached hydrogens (tertiary/aromatic N) is 1. The van der Waals surface area contributed by atoms with E-state index in [1.165, 1.54) is 47.4 Å². The highest BCUT2D eigenvalue weighted by atomic mass is 32.2. The molecule has 1 aliphatic heterocycles. The monoisotopic (exact) mass is 477 g/mol. The summed E-state index contributed by atoms with van der Waals surface area (Å²) in [5.41, 5.74) is -0.178. The summed E-state index contributed by atoms with van der Waals surface area (Å²) in [7, 11) is -3.93. The molecule has 0 bridgehead atoms. The number of ether oxygens (including phenoxy) is 1. The van der Waals surface area contributed by atoms with Gasteiger partial charge in [0.1, 0.15) is 17.5 Å². The van der Waals surface area contributed by atoms with Gasteiger partial charge in [-0.25, -0.2) is 17.6 Å². The lowest BCUT2D eigenvalue weighted by Gasteiger charge is -2.35. The summed E-state index contributed by atoms with van der Waals surface area (Å²) in [5.74, 6) is -0.926. The molecule has 10 heteroatoms. The number of amides is 2. The minimum absolute atomic E-state index is 0.0437. The highest BCUT2D eigenvalue weighted by molar-refractivity contribution is 7.92. The molecule has 178 valence electrons. The van der Waals surface area contributed by atoms with Gasteiger partial charge in [-0.05, 0) is 82.5 Å². The summed E-state index contributed by atoms with van der Waals surface area (Å²) in [5, 5.41) is 2.74. The fourth-order valence-corrected chi connectivity index (χ4v) is 4.50. The number of likely N-dealkylation sites (tertiary alicyclic amines) is 1. The molecule has 2 aromatic carbocycles. The average molecular weight is 478 g/mol. The molecule has 0 aliphatic carbocycles. The number of halogens is 1. The Balaban J connectivity index is 1.68. The minimum atomic E-state index is -3.93. The predicted molar refractivity (Wildman–Crippen MR) is 123 cm³/mol. The largest absolute Gasteiger partial charge is 0.444 e. The summed E-state index contributed by atoms with van der Waals surface area (Å²) in [6.07, 6.45) is 1.57. The van der Waals surface area contributed by atoms with E-state index in [0.29, 0.717) is 18.7 Å². The molecular weight excluding hydrogens is 449 g/mol. The summed E-state index contributed by atoms with van der Waals surface area (Å²) < 4.78 is 46.2. The first kappa shape index (κ1) is 24.5. The lowest BCUT2D eigenvalue weighted by atomic mass is 10.0. The van der Waals surface area contributed by atoms with Crippen LogP contribution >= 0.6 is 0 Å². The van der Waals surface area contributed by atoms with E-state index in [9.17, 15) is 22.4 Å². The summed E-state index contributed by atoms with van der Waals surface area (Å²) in [6, 6.07) is 10.0. The smallest absolute Gasteiger partial charge is 0.410 e. The molecule has 8 nitrogen and oxygen atoms in total. The van der Waals surface area contributed by atoms with Gasteiger partial charge in [0.05, 0.1) is 10.6 Å². The Morgan fingerprint density at radius 2 is 1.76 bits per heavy atom. The maximum atomic E-state index is 13.3. The van der Waals surface area contributed by atoms with Gasteiger partial charge in [0.25, 0.3) is 10.0 Å². The number of rotatable bonds is 5. The SMILES string of the molecule is CC(C)(C)OC(=O)N1CCCCC1C(=O)Nc1ccc(S(=O)(=O)Nc2cccc(F)c2)cc1. The van der Waals surface area contributed by atoms with Crippen molar-refractivity contribution in [1.82, 2.24) is 4.90 Å². The van der Waals surface area contributed by atoms with Gasteiger partial charge in [0, 0.05) is 12.2 Å². The van der Waals surface area contributed by atoms with Crippen LogP contribution in [0.2, 0.25) is 0 Å². The van der Waals surface area contributed by atoms with Crippen molar-refractivity contribution in [2.45, 2.75) is 56.6 Å². The van der Waals surface area contributed by atoms with E-state index >= 15 is 0 Å². The van der Waals surface area contributed by atoms with Crippen molar-refractivity contribution in [3.8, 4) is 0 Å². The van der Waals surface area contributed by atoms with Crippen LogP contribution in [0.5, 0.6) is 0 Å². The first-order chi connectivity index (χ1) is 15.4. The van der Waals surface area contributed by atoms with E-state index in [2.05, 4.69) is 10.0 Å². The molecular formula is C23H28FN3O5S. The third kappa shape index (κ3) is 6.67. The van der Waals surface area contributed by atoms with Crippen molar-refractivity contribution in [1.29, 1.82) is 0 Å². The molecule has 1 fully saturated rings. The Morgan fingerprint density at radius 3 is 2.39 bits per heavy atom. The third-order valence-electron chi connectivity index (χ3n) is 4.94. The fourth-order valence-electron chi connectivity index (χ4n) is 3.45. The molecule has 1 aliphatic rings. The zero-order valence-corrected chi connectivity index (χ0v) is 19.6. The fraction of sp³-hybridized carbons (Fsp3) is 0.391. The van der Waals surface area contributed by atoms with Crippen molar-refractivity contribution in [3.63, 3.8) is 0 Å². The lowest BCUT2D eigenvalue weighted by molar-refractivity contribution is -0.122. The molecule has 0 spiro atoms. The van der Waals surface area contributed by atoms with Crippen LogP contribution < -0.4 is 10.0 Å². The van der Waals surface area contributed by atoms with Gasteiger partial charge in [-0.15, -0.1) is 0 Å². The first-order valence-corrected chi connectivity index (χ1v) is 12.1. The molecule has 33 heavy (non-hydrogen) atoms. The summed E-state index contributed by atoms with van der Waals surface area (Å²) in [4.78, 5) is 26.8. The molecule has 2 aromatic rings. The lowest BCUT2D eigenvalue weighted by Crippen LogP contribution is -2.51. The average Bonchev–Trinajstić information content (AvgIpc) is 2.72. The van der Waals surface area contributed by atoms with Gasteiger partial charge >= 0.3 is 6.09 Å². The Hall–Kier alpha value is -3.14. The molecule has 2 amide bonds. The number of sulfonamides is 1. The van der Waals surface area contributed by atoms with Crippen LogP contribution in [-0.4, -0.2) is 43.5 Å². The standard InChI is InChI=1S/C23H28FN3O5S/c1-23(2,3)32-22(29)27-14-5-4-9-20(27)21(28)25-17-10-12-19(13-11-17)33(30,31)26-18-8-6-7-16(24)15-18/h6-8,10-13,15,20,26H,4-5,9,14H2,1-3H3,(H,25,28). The zero-order valence-electron chi connectivity index (χ0n) is 18.8. The van der Waals surface area contributed by atoms with Gasteiger partial charge in [-0.1, -0.05) is 6.07 Å². The topological polar surface area (TPSA) is 105 Å². The van der Waals surface area contributed by atoms with E-state index in [-0.39, 0.29) is 16.5 Å². The van der Waals surface area contributed by atoms with Crippen molar-refractivity contribution >= 4 is 33.4 Å². The number of anilines is 2. The van der Waals surface area contributed by atoms with Crippen LogP contribution in [0.15, 0.2) is 53.4 Å². The van der Waals surface area contributed by atoms with E-state index in [4.69, 9.17) is 4.74 Å². The molecule has 3 rings (SSSR count). The van der Waals surface area contributed by atoms with Crippen molar-refractivity contribution in [2.24, 2.45) is 0 Å². The highest BCUT2D eigenvalue weighted by Gasteiger charge is 2.34. The Labute approximate surface area is 193 Å². The number of carbonyl (C=O) groups is 2. The van der Waals surface area contributed by atoms with Crippen LogP contribution in [0.3, 0.4) is 0 Å². The van der Waals surface area contributed by atoms with E-state index in [1.807, 2.05) is 0 Å². The zero-order chi connectivity index (χ0) is 24.2. The van der Waals surface area contributed by atoms with Gasteiger partial charge in [0.2, 0.25) is 5.91 Å². The quantitative estimate of drug-likeness (QED) is 0.666. The van der Waals surface area contributed by atoms with Crippen LogP contribution in [0.25, 0.3) is 0 Å². The predicted octanol–water partition coefficient (Wildman–Crippen LogP) is 4.35.